The third kappa shape index (κ3) is 1.43. The zero-order valence-corrected chi connectivity index (χ0v) is 9.84. The number of hydrogen-bond donors (Lipinski definition) is 1. The van der Waals surface area contributed by atoms with Gasteiger partial charge in [0.15, 0.2) is 5.65 Å². The van der Waals surface area contributed by atoms with Crippen molar-refractivity contribution in [1.82, 2.24) is 15.0 Å². The van der Waals surface area contributed by atoms with E-state index in [1.165, 1.54) is 11.1 Å². The first kappa shape index (κ1) is 9.84. The lowest BCUT2D eigenvalue weighted by Gasteiger charge is -2.17. The highest BCUT2D eigenvalue weighted by Gasteiger charge is 2.16. The summed E-state index contributed by atoms with van der Waals surface area (Å²) < 4.78 is 0. The fourth-order valence-corrected chi connectivity index (χ4v) is 3.07. The van der Waals surface area contributed by atoms with Gasteiger partial charge in [0.2, 0.25) is 0 Å². The second-order valence-electron chi connectivity index (χ2n) is 3.92. The van der Waals surface area contributed by atoms with Gasteiger partial charge in [-0.1, -0.05) is 0 Å². The second kappa shape index (κ2) is 3.59. The van der Waals surface area contributed by atoms with Crippen LogP contribution in [0, 0.1) is 6.92 Å². The Morgan fingerprint density at radius 1 is 1.38 bits per heavy atom. The lowest BCUT2D eigenvalue weighted by Crippen LogP contribution is -2.08. The number of thioether (sulfide) groups is 1. The van der Waals surface area contributed by atoms with Crippen molar-refractivity contribution in [2.75, 3.05) is 11.5 Å². The molecule has 2 aromatic rings. The predicted molar refractivity (Wildman–Crippen MR) is 66.3 cm³/mol. The van der Waals surface area contributed by atoms with Crippen LogP contribution in [-0.4, -0.2) is 20.7 Å². The Hall–Kier alpha value is -1.36. The van der Waals surface area contributed by atoms with Crippen molar-refractivity contribution in [3.63, 3.8) is 0 Å². The van der Waals surface area contributed by atoms with Crippen LogP contribution in [0.5, 0.6) is 0 Å². The molecular formula is C11H12N4S. The second-order valence-corrected chi connectivity index (χ2v) is 5.02. The van der Waals surface area contributed by atoms with E-state index in [1.54, 1.807) is 0 Å². The summed E-state index contributed by atoms with van der Waals surface area (Å²) in [5, 5.41) is 0.961. The van der Waals surface area contributed by atoms with Crippen molar-refractivity contribution in [2.24, 2.45) is 0 Å². The third-order valence-corrected chi connectivity index (χ3v) is 3.82. The SMILES string of the molecule is Cc1nc(N)c2c3c(cnc2n1)CSCC3. The molecule has 0 saturated carbocycles. The molecule has 5 heteroatoms. The number of aryl methyl sites for hydroxylation is 2. The summed E-state index contributed by atoms with van der Waals surface area (Å²) >= 11 is 1.93. The van der Waals surface area contributed by atoms with Crippen LogP contribution in [-0.2, 0) is 12.2 Å². The molecule has 1 aliphatic rings. The molecule has 1 aliphatic heterocycles. The minimum absolute atomic E-state index is 0.568. The van der Waals surface area contributed by atoms with E-state index in [1.807, 2.05) is 24.9 Å². The maximum Gasteiger partial charge on any atom is 0.165 e. The molecule has 3 heterocycles. The highest BCUT2D eigenvalue weighted by atomic mass is 32.2. The van der Waals surface area contributed by atoms with Gasteiger partial charge in [-0.15, -0.1) is 0 Å². The van der Waals surface area contributed by atoms with Crippen LogP contribution in [0.25, 0.3) is 11.0 Å². The monoisotopic (exact) mass is 232 g/mol. The molecule has 0 aromatic carbocycles. The summed E-state index contributed by atoms with van der Waals surface area (Å²) in [5.74, 6) is 3.41. The molecule has 0 aliphatic carbocycles. The summed E-state index contributed by atoms with van der Waals surface area (Å²) in [6, 6.07) is 0. The highest BCUT2D eigenvalue weighted by molar-refractivity contribution is 7.98. The number of pyridine rings is 1. The van der Waals surface area contributed by atoms with Crippen LogP contribution in [0.1, 0.15) is 17.0 Å². The lowest BCUT2D eigenvalue weighted by atomic mass is 10.0. The van der Waals surface area contributed by atoms with Gasteiger partial charge in [0.1, 0.15) is 11.6 Å². The Balaban J connectivity index is 2.38. The minimum Gasteiger partial charge on any atom is -0.383 e. The average Bonchev–Trinajstić information content (AvgIpc) is 2.28. The van der Waals surface area contributed by atoms with Crippen LogP contribution >= 0.6 is 11.8 Å². The molecule has 4 nitrogen and oxygen atoms in total. The Kier molecular flexibility index (Phi) is 2.21. The van der Waals surface area contributed by atoms with Crippen LogP contribution < -0.4 is 5.73 Å². The smallest absolute Gasteiger partial charge is 0.165 e. The summed E-state index contributed by atoms with van der Waals surface area (Å²) in [7, 11) is 0. The van der Waals surface area contributed by atoms with Crippen molar-refractivity contribution in [3.05, 3.63) is 23.1 Å². The van der Waals surface area contributed by atoms with E-state index < -0.39 is 0 Å². The summed E-state index contributed by atoms with van der Waals surface area (Å²) in [5.41, 5.74) is 9.29. The number of aromatic nitrogens is 3. The number of rotatable bonds is 0. The number of hydrogen-bond acceptors (Lipinski definition) is 5. The standard InChI is InChI=1S/C11H12N4S/c1-6-14-10(12)9-8-2-3-16-5-7(8)4-13-11(9)15-6/h4H,2-3,5H2,1H3,(H2,12,13,14,15). The van der Waals surface area contributed by atoms with Gasteiger partial charge in [0, 0.05) is 11.9 Å². The van der Waals surface area contributed by atoms with Gasteiger partial charge in [0.05, 0.1) is 5.39 Å². The van der Waals surface area contributed by atoms with Crippen molar-refractivity contribution < 1.29 is 0 Å². The van der Waals surface area contributed by atoms with Crippen molar-refractivity contribution in [3.8, 4) is 0 Å². The van der Waals surface area contributed by atoms with Gasteiger partial charge >= 0.3 is 0 Å². The lowest BCUT2D eigenvalue weighted by molar-refractivity contribution is 1.04. The molecule has 0 spiro atoms. The van der Waals surface area contributed by atoms with E-state index >= 15 is 0 Å². The number of nitrogens with two attached hydrogens (primary N) is 1. The van der Waals surface area contributed by atoms with Gasteiger partial charge in [-0.05, 0) is 30.2 Å². The Morgan fingerprint density at radius 3 is 3.12 bits per heavy atom. The van der Waals surface area contributed by atoms with Gasteiger partial charge in [0.25, 0.3) is 0 Å². The van der Waals surface area contributed by atoms with Crippen LogP contribution in [0.4, 0.5) is 5.82 Å². The number of anilines is 1. The van der Waals surface area contributed by atoms with Gasteiger partial charge < -0.3 is 5.73 Å². The molecule has 0 saturated heterocycles. The van der Waals surface area contributed by atoms with E-state index in [0.29, 0.717) is 11.6 Å². The van der Waals surface area contributed by atoms with E-state index in [2.05, 4.69) is 15.0 Å². The van der Waals surface area contributed by atoms with Crippen LogP contribution in [0.2, 0.25) is 0 Å². The van der Waals surface area contributed by atoms with Gasteiger partial charge in [-0.25, -0.2) is 15.0 Å². The van der Waals surface area contributed by atoms with E-state index in [4.69, 9.17) is 5.73 Å². The van der Waals surface area contributed by atoms with Gasteiger partial charge in [-0.2, -0.15) is 11.8 Å². The molecule has 3 rings (SSSR count). The molecule has 2 N–H and O–H groups in total. The average molecular weight is 232 g/mol. The molecular weight excluding hydrogens is 220 g/mol. The molecule has 82 valence electrons. The van der Waals surface area contributed by atoms with E-state index in [-0.39, 0.29) is 0 Å². The molecule has 0 amide bonds. The predicted octanol–water partition coefficient (Wildman–Crippen LogP) is 1.70. The highest BCUT2D eigenvalue weighted by Crippen LogP contribution is 2.31. The first-order valence-electron chi connectivity index (χ1n) is 5.24. The maximum atomic E-state index is 5.98. The number of nitrogen functional groups attached to an aromatic ring is 1. The van der Waals surface area contributed by atoms with E-state index in [9.17, 15) is 0 Å². The third-order valence-electron chi connectivity index (χ3n) is 2.82. The zero-order valence-electron chi connectivity index (χ0n) is 9.03. The van der Waals surface area contributed by atoms with Crippen LogP contribution in [0.15, 0.2) is 6.20 Å². The number of fused-ring (bicyclic) bond motifs is 3. The normalized spacial score (nSPS) is 15.1. The molecule has 16 heavy (non-hydrogen) atoms. The molecule has 0 bridgehead atoms. The Morgan fingerprint density at radius 2 is 2.25 bits per heavy atom. The van der Waals surface area contributed by atoms with Crippen molar-refractivity contribution >= 4 is 28.6 Å². The first-order chi connectivity index (χ1) is 7.75. The Bertz CT molecular complexity index is 567. The minimum atomic E-state index is 0.568. The van der Waals surface area contributed by atoms with Gasteiger partial charge in [-0.3, -0.25) is 0 Å². The molecule has 2 aromatic heterocycles. The molecule has 0 unspecified atom stereocenters. The largest absolute Gasteiger partial charge is 0.383 e. The topological polar surface area (TPSA) is 64.7 Å². The molecule has 0 fully saturated rings. The summed E-state index contributed by atoms with van der Waals surface area (Å²) in [6.07, 6.45) is 2.96. The zero-order chi connectivity index (χ0) is 11.1. The first-order valence-corrected chi connectivity index (χ1v) is 6.39. The Labute approximate surface area is 97.7 Å². The fraction of sp³-hybridized carbons (Fsp3) is 0.364. The summed E-state index contributed by atoms with van der Waals surface area (Å²) in [4.78, 5) is 12.9. The molecule has 0 atom stereocenters. The van der Waals surface area contributed by atoms with Crippen molar-refractivity contribution in [1.29, 1.82) is 0 Å². The van der Waals surface area contributed by atoms with Crippen LogP contribution in [0.3, 0.4) is 0 Å². The number of nitrogens with zero attached hydrogens (tertiary/aromatic N) is 3. The molecule has 0 radical (unpaired) electrons. The summed E-state index contributed by atoms with van der Waals surface area (Å²) in [6.45, 7) is 1.84. The van der Waals surface area contributed by atoms with E-state index in [0.717, 1.165) is 29.0 Å². The van der Waals surface area contributed by atoms with Crippen molar-refractivity contribution in [2.45, 2.75) is 19.1 Å². The fourth-order valence-electron chi connectivity index (χ4n) is 2.11. The quantitative estimate of drug-likeness (QED) is 0.749. The maximum absolute atomic E-state index is 5.98.